The van der Waals surface area contributed by atoms with Crippen LogP contribution < -0.4 is 5.32 Å². The summed E-state index contributed by atoms with van der Waals surface area (Å²) in [5.41, 5.74) is 0.250. The van der Waals surface area contributed by atoms with Gasteiger partial charge in [-0.1, -0.05) is 0 Å². The second-order valence-electron chi connectivity index (χ2n) is 5.61. The Morgan fingerprint density at radius 2 is 1.94 bits per heavy atom. The van der Waals surface area contributed by atoms with Crippen molar-refractivity contribution >= 4 is 0 Å². The zero-order valence-electron chi connectivity index (χ0n) is 11.4. The lowest BCUT2D eigenvalue weighted by Gasteiger charge is -2.36. The summed E-state index contributed by atoms with van der Waals surface area (Å²) in [6, 6.07) is 0. The largest absolute Gasteiger partial charge is 0.381 e. The van der Waals surface area contributed by atoms with E-state index in [-0.39, 0.29) is 5.54 Å². The highest BCUT2D eigenvalue weighted by Gasteiger charge is 2.23. The molecule has 0 aromatic heterocycles. The second kappa shape index (κ2) is 6.58. The average Bonchev–Trinajstić information content (AvgIpc) is 2.27. The van der Waals surface area contributed by atoms with E-state index in [1.165, 1.54) is 25.8 Å². The molecule has 0 aromatic carbocycles. The summed E-state index contributed by atoms with van der Waals surface area (Å²) in [7, 11) is 4.25. The van der Waals surface area contributed by atoms with Crippen LogP contribution in [0.3, 0.4) is 0 Å². The first-order chi connectivity index (χ1) is 7.56. The molecule has 1 saturated heterocycles. The molecule has 0 radical (unpaired) electrons. The molecule has 1 rings (SSSR count). The minimum absolute atomic E-state index is 0.250. The summed E-state index contributed by atoms with van der Waals surface area (Å²) < 4.78 is 5.39. The van der Waals surface area contributed by atoms with Crippen LogP contribution in [-0.2, 0) is 4.74 Å². The molecule has 0 amide bonds. The predicted molar refractivity (Wildman–Crippen MR) is 68.8 cm³/mol. The molecule has 1 N–H and O–H groups in total. The van der Waals surface area contributed by atoms with Crippen LogP contribution in [0.2, 0.25) is 0 Å². The molecule has 0 atom stereocenters. The maximum atomic E-state index is 5.39. The van der Waals surface area contributed by atoms with Crippen molar-refractivity contribution in [2.24, 2.45) is 5.92 Å². The molecule has 1 aliphatic heterocycles. The Hall–Kier alpha value is -0.120. The predicted octanol–water partition coefficient (Wildman–Crippen LogP) is 1.73. The number of likely N-dealkylation sites (N-methyl/N-ethyl adjacent to an activating group) is 2. The summed E-state index contributed by atoms with van der Waals surface area (Å²) in [4.78, 5) is 2.47. The Balaban J connectivity index is 2.25. The third kappa shape index (κ3) is 4.40. The topological polar surface area (TPSA) is 24.5 Å². The van der Waals surface area contributed by atoms with E-state index in [2.05, 4.69) is 31.1 Å². The van der Waals surface area contributed by atoms with Gasteiger partial charge in [-0.15, -0.1) is 0 Å². The summed E-state index contributed by atoms with van der Waals surface area (Å²) in [5.74, 6) is 0.876. The third-order valence-corrected chi connectivity index (χ3v) is 3.86. The first-order valence-corrected chi connectivity index (χ1v) is 6.50. The summed E-state index contributed by atoms with van der Waals surface area (Å²) in [5, 5.41) is 3.27. The zero-order chi connectivity index (χ0) is 12.0. The van der Waals surface area contributed by atoms with E-state index in [1.54, 1.807) is 0 Å². The van der Waals surface area contributed by atoms with Crippen molar-refractivity contribution < 1.29 is 4.74 Å². The average molecular weight is 228 g/mol. The molecule has 3 nitrogen and oxygen atoms in total. The van der Waals surface area contributed by atoms with Crippen LogP contribution >= 0.6 is 0 Å². The molecule has 0 spiro atoms. The van der Waals surface area contributed by atoms with Crippen LogP contribution in [0.1, 0.15) is 33.1 Å². The molecule has 0 aliphatic carbocycles. The van der Waals surface area contributed by atoms with Crippen molar-refractivity contribution in [2.75, 3.05) is 40.4 Å². The van der Waals surface area contributed by atoms with Gasteiger partial charge in [0.1, 0.15) is 0 Å². The van der Waals surface area contributed by atoms with Gasteiger partial charge in [0.05, 0.1) is 0 Å². The van der Waals surface area contributed by atoms with Gasteiger partial charge in [-0.3, -0.25) is 4.90 Å². The highest BCUT2D eigenvalue weighted by molar-refractivity contribution is 4.81. The van der Waals surface area contributed by atoms with E-state index in [0.717, 1.165) is 25.7 Å². The van der Waals surface area contributed by atoms with Crippen molar-refractivity contribution in [3.63, 3.8) is 0 Å². The lowest BCUT2D eigenvalue weighted by atomic mass is 9.95. The Labute approximate surface area is 101 Å². The summed E-state index contributed by atoms with van der Waals surface area (Å²) in [6.45, 7) is 8.76. The van der Waals surface area contributed by atoms with Gasteiger partial charge in [-0.05, 0) is 59.7 Å². The molecular formula is C13H28N2O. The van der Waals surface area contributed by atoms with Crippen LogP contribution in [0.5, 0.6) is 0 Å². The van der Waals surface area contributed by atoms with Gasteiger partial charge in [0.25, 0.3) is 0 Å². The number of nitrogens with one attached hydrogen (secondary N) is 1. The van der Waals surface area contributed by atoms with E-state index in [0.29, 0.717) is 0 Å². The zero-order valence-corrected chi connectivity index (χ0v) is 11.4. The molecule has 0 bridgehead atoms. The van der Waals surface area contributed by atoms with Crippen LogP contribution in [-0.4, -0.2) is 50.8 Å². The van der Waals surface area contributed by atoms with E-state index in [1.807, 2.05) is 7.05 Å². The van der Waals surface area contributed by atoms with E-state index in [4.69, 9.17) is 4.74 Å². The van der Waals surface area contributed by atoms with Crippen molar-refractivity contribution in [1.29, 1.82) is 0 Å². The maximum Gasteiger partial charge on any atom is 0.0468 e. The number of rotatable bonds is 6. The quantitative estimate of drug-likeness (QED) is 0.749. The van der Waals surface area contributed by atoms with Gasteiger partial charge >= 0.3 is 0 Å². The van der Waals surface area contributed by atoms with Crippen molar-refractivity contribution in [2.45, 2.75) is 38.6 Å². The van der Waals surface area contributed by atoms with Gasteiger partial charge in [0, 0.05) is 25.3 Å². The number of hydrogen-bond acceptors (Lipinski definition) is 3. The Kier molecular flexibility index (Phi) is 5.73. The molecule has 1 heterocycles. The fraction of sp³-hybridized carbons (Fsp3) is 1.00. The summed E-state index contributed by atoms with van der Waals surface area (Å²) >= 11 is 0. The lowest BCUT2D eigenvalue weighted by molar-refractivity contribution is 0.0557. The van der Waals surface area contributed by atoms with Crippen molar-refractivity contribution in [1.82, 2.24) is 10.2 Å². The minimum Gasteiger partial charge on any atom is -0.381 e. The van der Waals surface area contributed by atoms with Crippen LogP contribution in [0, 0.1) is 5.92 Å². The molecule has 96 valence electrons. The highest BCUT2D eigenvalue weighted by Crippen LogP contribution is 2.20. The normalized spacial score (nSPS) is 19.3. The highest BCUT2D eigenvalue weighted by atomic mass is 16.5. The van der Waals surface area contributed by atoms with Gasteiger partial charge in [0.2, 0.25) is 0 Å². The molecule has 3 heteroatoms. The molecule has 16 heavy (non-hydrogen) atoms. The minimum atomic E-state index is 0.250. The van der Waals surface area contributed by atoms with Gasteiger partial charge in [-0.2, -0.15) is 0 Å². The van der Waals surface area contributed by atoms with E-state index >= 15 is 0 Å². The molecule has 1 aliphatic rings. The molecular weight excluding hydrogens is 200 g/mol. The first-order valence-electron chi connectivity index (χ1n) is 6.50. The number of nitrogens with zero attached hydrogens (tertiary/aromatic N) is 1. The SMILES string of the molecule is CNCC(C)(C)N(C)CCC1CCOCC1. The van der Waals surface area contributed by atoms with E-state index in [9.17, 15) is 0 Å². The van der Waals surface area contributed by atoms with Crippen molar-refractivity contribution in [3.05, 3.63) is 0 Å². The van der Waals surface area contributed by atoms with E-state index < -0.39 is 0 Å². The fourth-order valence-corrected chi connectivity index (χ4v) is 2.28. The lowest BCUT2D eigenvalue weighted by Crippen LogP contribution is -2.48. The van der Waals surface area contributed by atoms with Crippen LogP contribution in [0.15, 0.2) is 0 Å². The van der Waals surface area contributed by atoms with Gasteiger partial charge < -0.3 is 10.1 Å². The Morgan fingerprint density at radius 3 is 2.50 bits per heavy atom. The monoisotopic (exact) mass is 228 g/mol. The number of hydrogen-bond donors (Lipinski definition) is 1. The first kappa shape index (κ1) is 13.9. The second-order valence-corrected chi connectivity index (χ2v) is 5.61. The molecule has 0 unspecified atom stereocenters. The Morgan fingerprint density at radius 1 is 1.31 bits per heavy atom. The molecule has 0 aromatic rings. The standard InChI is InChI=1S/C13H28N2O/c1-13(2,11-14-3)15(4)8-5-12-6-9-16-10-7-12/h12,14H,5-11H2,1-4H3. The smallest absolute Gasteiger partial charge is 0.0468 e. The molecule has 1 fully saturated rings. The molecule has 0 saturated carbocycles. The number of ether oxygens (including phenoxy) is 1. The Bertz CT molecular complexity index is 188. The van der Waals surface area contributed by atoms with Crippen molar-refractivity contribution in [3.8, 4) is 0 Å². The fourth-order valence-electron chi connectivity index (χ4n) is 2.28. The van der Waals surface area contributed by atoms with Crippen LogP contribution in [0.25, 0.3) is 0 Å². The summed E-state index contributed by atoms with van der Waals surface area (Å²) in [6.07, 6.45) is 3.81. The van der Waals surface area contributed by atoms with Gasteiger partial charge in [0.15, 0.2) is 0 Å². The van der Waals surface area contributed by atoms with Crippen LogP contribution in [0.4, 0.5) is 0 Å². The maximum absolute atomic E-state index is 5.39. The van der Waals surface area contributed by atoms with Gasteiger partial charge in [-0.25, -0.2) is 0 Å². The third-order valence-electron chi connectivity index (χ3n) is 3.86.